The number of carbonyl (C=O) groups excluding carboxylic acids is 2. The molecular formula is C13H13NO5. The number of benzene rings is 1. The molecule has 6 nitrogen and oxygen atoms in total. The van der Waals surface area contributed by atoms with Crippen LogP contribution in [-0.4, -0.2) is 49.4 Å². The SMILES string of the molecule is O=C1c2ccccc2C(=O)N1OC[C@H]1COCCO1. The molecule has 1 saturated heterocycles. The van der Waals surface area contributed by atoms with E-state index in [0.717, 1.165) is 5.06 Å². The van der Waals surface area contributed by atoms with Crippen molar-refractivity contribution in [2.45, 2.75) is 6.10 Å². The molecule has 0 unspecified atom stereocenters. The second-order valence-electron chi connectivity index (χ2n) is 4.31. The van der Waals surface area contributed by atoms with Gasteiger partial charge in [0.15, 0.2) is 0 Å². The molecule has 6 heteroatoms. The molecule has 19 heavy (non-hydrogen) atoms. The number of rotatable bonds is 3. The highest BCUT2D eigenvalue weighted by atomic mass is 16.7. The number of imide groups is 1. The summed E-state index contributed by atoms with van der Waals surface area (Å²) >= 11 is 0. The summed E-state index contributed by atoms with van der Waals surface area (Å²) in [6.45, 7) is 1.58. The molecular weight excluding hydrogens is 250 g/mol. The third kappa shape index (κ3) is 2.25. The van der Waals surface area contributed by atoms with Crippen molar-refractivity contribution in [1.29, 1.82) is 0 Å². The molecule has 1 fully saturated rings. The average molecular weight is 263 g/mol. The zero-order chi connectivity index (χ0) is 13.2. The summed E-state index contributed by atoms with van der Waals surface area (Å²) < 4.78 is 10.6. The Kier molecular flexibility index (Phi) is 3.29. The lowest BCUT2D eigenvalue weighted by Crippen LogP contribution is -2.38. The first-order chi connectivity index (χ1) is 9.27. The van der Waals surface area contributed by atoms with Crippen molar-refractivity contribution in [3.63, 3.8) is 0 Å². The molecule has 0 radical (unpaired) electrons. The summed E-state index contributed by atoms with van der Waals surface area (Å²) in [5.41, 5.74) is 0.738. The van der Waals surface area contributed by atoms with Crippen LogP contribution in [0.25, 0.3) is 0 Å². The van der Waals surface area contributed by atoms with E-state index in [-0.39, 0.29) is 12.7 Å². The Morgan fingerprint density at radius 1 is 1.16 bits per heavy atom. The Morgan fingerprint density at radius 2 is 1.84 bits per heavy atom. The van der Waals surface area contributed by atoms with E-state index in [0.29, 0.717) is 30.9 Å². The lowest BCUT2D eigenvalue weighted by Gasteiger charge is -2.24. The topological polar surface area (TPSA) is 65.1 Å². The van der Waals surface area contributed by atoms with Crippen molar-refractivity contribution in [3.8, 4) is 0 Å². The van der Waals surface area contributed by atoms with Crippen molar-refractivity contribution < 1.29 is 23.9 Å². The molecule has 0 spiro atoms. The number of carbonyl (C=O) groups is 2. The number of amides is 2. The van der Waals surface area contributed by atoms with Gasteiger partial charge in [0.25, 0.3) is 11.8 Å². The van der Waals surface area contributed by atoms with Gasteiger partial charge in [-0.1, -0.05) is 12.1 Å². The molecule has 0 saturated carbocycles. The fourth-order valence-electron chi connectivity index (χ4n) is 2.07. The fourth-order valence-corrected chi connectivity index (χ4v) is 2.07. The Morgan fingerprint density at radius 3 is 2.42 bits per heavy atom. The molecule has 100 valence electrons. The molecule has 0 N–H and O–H groups in total. The van der Waals surface area contributed by atoms with Crippen LogP contribution in [0.3, 0.4) is 0 Å². The number of fused-ring (bicyclic) bond motifs is 1. The standard InChI is InChI=1S/C13H13NO5/c15-12-10-3-1-2-4-11(10)13(16)14(12)19-8-9-7-17-5-6-18-9/h1-4,9H,5-8H2/t9-/m1/s1. The summed E-state index contributed by atoms with van der Waals surface area (Å²) in [5, 5.41) is 0.794. The maximum Gasteiger partial charge on any atom is 0.285 e. The van der Waals surface area contributed by atoms with E-state index < -0.39 is 11.8 Å². The minimum atomic E-state index is -0.433. The second-order valence-corrected chi connectivity index (χ2v) is 4.31. The van der Waals surface area contributed by atoms with Crippen LogP contribution in [0.15, 0.2) is 24.3 Å². The Balaban J connectivity index is 1.67. The van der Waals surface area contributed by atoms with Gasteiger partial charge in [0.2, 0.25) is 0 Å². The molecule has 2 heterocycles. The first-order valence-corrected chi connectivity index (χ1v) is 6.07. The molecule has 3 rings (SSSR count). The first kappa shape index (κ1) is 12.3. The third-order valence-corrected chi connectivity index (χ3v) is 3.03. The summed E-state index contributed by atoms with van der Waals surface area (Å²) in [7, 11) is 0. The van der Waals surface area contributed by atoms with Gasteiger partial charge in [-0.2, -0.15) is 0 Å². The Bertz CT molecular complexity index is 475. The van der Waals surface area contributed by atoms with Crippen LogP contribution in [0.1, 0.15) is 20.7 Å². The first-order valence-electron chi connectivity index (χ1n) is 6.07. The van der Waals surface area contributed by atoms with Crippen LogP contribution in [0.4, 0.5) is 0 Å². The molecule has 0 aliphatic carbocycles. The van der Waals surface area contributed by atoms with Gasteiger partial charge in [0.1, 0.15) is 12.7 Å². The highest BCUT2D eigenvalue weighted by molar-refractivity contribution is 6.20. The maximum atomic E-state index is 12.0. The van der Waals surface area contributed by atoms with Crippen LogP contribution in [0.5, 0.6) is 0 Å². The molecule has 0 aromatic heterocycles. The van der Waals surface area contributed by atoms with Gasteiger partial charge in [0, 0.05) is 0 Å². The number of ether oxygens (including phenoxy) is 2. The third-order valence-electron chi connectivity index (χ3n) is 3.03. The van der Waals surface area contributed by atoms with Gasteiger partial charge < -0.3 is 9.47 Å². The highest BCUT2D eigenvalue weighted by Gasteiger charge is 2.37. The number of nitrogens with zero attached hydrogens (tertiary/aromatic N) is 1. The van der Waals surface area contributed by atoms with Crippen molar-refractivity contribution in [3.05, 3.63) is 35.4 Å². The van der Waals surface area contributed by atoms with Crippen molar-refractivity contribution >= 4 is 11.8 Å². The van der Waals surface area contributed by atoms with E-state index in [2.05, 4.69) is 0 Å². The van der Waals surface area contributed by atoms with Crippen LogP contribution in [0, 0.1) is 0 Å². The van der Waals surface area contributed by atoms with E-state index in [1.54, 1.807) is 24.3 Å². The van der Waals surface area contributed by atoms with Crippen molar-refractivity contribution in [2.75, 3.05) is 26.4 Å². The summed E-state index contributed by atoms with van der Waals surface area (Å²) in [6, 6.07) is 6.65. The summed E-state index contributed by atoms with van der Waals surface area (Å²) in [4.78, 5) is 29.3. The van der Waals surface area contributed by atoms with Crippen LogP contribution in [0.2, 0.25) is 0 Å². The second kappa shape index (κ2) is 5.08. The maximum absolute atomic E-state index is 12.0. The minimum Gasteiger partial charge on any atom is -0.376 e. The zero-order valence-corrected chi connectivity index (χ0v) is 10.2. The quantitative estimate of drug-likeness (QED) is 0.748. The summed E-state index contributed by atoms with van der Waals surface area (Å²) in [5.74, 6) is -0.866. The lowest BCUT2D eigenvalue weighted by molar-refractivity contribution is -0.162. The van der Waals surface area contributed by atoms with Crippen LogP contribution >= 0.6 is 0 Å². The molecule has 2 aliphatic rings. The number of hydrogen-bond donors (Lipinski definition) is 0. The predicted molar refractivity (Wildman–Crippen MR) is 63.5 cm³/mol. The molecule has 1 atom stereocenters. The monoisotopic (exact) mass is 263 g/mol. The van der Waals surface area contributed by atoms with Crippen molar-refractivity contribution in [1.82, 2.24) is 5.06 Å². The van der Waals surface area contributed by atoms with Gasteiger partial charge in [-0.15, -0.1) is 5.06 Å². The molecule has 2 aliphatic heterocycles. The minimum absolute atomic E-state index is 0.117. The lowest BCUT2D eigenvalue weighted by atomic mass is 10.1. The summed E-state index contributed by atoms with van der Waals surface area (Å²) in [6.07, 6.45) is -0.252. The van der Waals surface area contributed by atoms with E-state index in [1.807, 2.05) is 0 Å². The zero-order valence-electron chi connectivity index (χ0n) is 10.2. The fraction of sp³-hybridized carbons (Fsp3) is 0.385. The van der Waals surface area contributed by atoms with Gasteiger partial charge in [-0.05, 0) is 12.1 Å². The average Bonchev–Trinajstić information content (AvgIpc) is 2.71. The molecule has 1 aromatic carbocycles. The number of hydrogen-bond acceptors (Lipinski definition) is 5. The van der Waals surface area contributed by atoms with E-state index in [4.69, 9.17) is 14.3 Å². The largest absolute Gasteiger partial charge is 0.376 e. The molecule has 1 aromatic rings. The Hall–Kier alpha value is -1.76. The van der Waals surface area contributed by atoms with Crippen molar-refractivity contribution in [2.24, 2.45) is 0 Å². The Labute approximate surface area is 109 Å². The van der Waals surface area contributed by atoms with E-state index in [9.17, 15) is 9.59 Å². The molecule has 0 bridgehead atoms. The number of hydroxylamine groups is 2. The highest BCUT2D eigenvalue weighted by Crippen LogP contribution is 2.22. The van der Waals surface area contributed by atoms with Gasteiger partial charge in [-0.25, -0.2) is 0 Å². The van der Waals surface area contributed by atoms with Crippen LogP contribution < -0.4 is 0 Å². The normalized spacial score (nSPS) is 22.7. The molecule has 2 amide bonds. The van der Waals surface area contributed by atoms with Gasteiger partial charge >= 0.3 is 0 Å². The van der Waals surface area contributed by atoms with Crippen LogP contribution in [-0.2, 0) is 14.3 Å². The predicted octanol–water partition coefficient (Wildman–Crippen LogP) is 0.630. The van der Waals surface area contributed by atoms with E-state index >= 15 is 0 Å². The van der Waals surface area contributed by atoms with E-state index in [1.165, 1.54) is 0 Å². The van der Waals surface area contributed by atoms with Gasteiger partial charge in [0.05, 0.1) is 30.9 Å². The smallest absolute Gasteiger partial charge is 0.285 e. The van der Waals surface area contributed by atoms with Gasteiger partial charge in [-0.3, -0.25) is 14.4 Å².